The van der Waals surface area contributed by atoms with E-state index in [9.17, 15) is 9.59 Å². The van der Waals surface area contributed by atoms with Crippen molar-refractivity contribution < 1.29 is 9.59 Å². The topological polar surface area (TPSA) is 62.1 Å². The normalized spacial score (nSPS) is 27.6. The van der Waals surface area contributed by atoms with Gasteiger partial charge >= 0.3 is 0 Å². The van der Waals surface area contributed by atoms with Gasteiger partial charge in [0.05, 0.1) is 18.2 Å². The lowest BCUT2D eigenvalue weighted by molar-refractivity contribution is -0.122. The Hall–Kier alpha value is -2.04. The second-order valence-corrected chi connectivity index (χ2v) is 3.84. The Balaban J connectivity index is 2.01. The van der Waals surface area contributed by atoms with Gasteiger partial charge in [-0.2, -0.15) is 10.2 Å². The molecule has 2 aliphatic rings. The molecule has 0 unspecified atom stereocenters. The highest BCUT2D eigenvalue weighted by Crippen LogP contribution is 2.31. The largest absolute Gasteiger partial charge is 0.274 e. The fraction of sp³-hybridized carbons (Fsp3) is 0.273. The number of carbonyl (C=O) groups excluding carboxylic acids is 2. The molecule has 0 N–H and O–H groups in total. The number of amides is 2. The monoisotopic (exact) mass is 215 g/mol. The van der Waals surface area contributed by atoms with Crippen LogP contribution in [0, 0.1) is 5.92 Å². The highest BCUT2D eigenvalue weighted by atomic mass is 16.2. The summed E-state index contributed by atoms with van der Waals surface area (Å²) in [6, 6.07) is 8.33. The molecule has 80 valence electrons. The highest BCUT2D eigenvalue weighted by Gasteiger charge is 2.50. The molecule has 1 aromatic carbocycles. The standard InChI is InChI=1S/C11H9N3O2/c15-10-8-6-12-13-9(8)11(16)14(10)7-4-2-1-3-5-7/h1-5,8-9H,6H2/t8-,9-/m1/s1. The average molecular weight is 215 g/mol. The minimum atomic E-state index is -0.590. The van der Waals surface area contributed by atoms with Gasteiger partial charge in [0.15, 0.2) is 6.04 Å². The maximum absolute atomic E-state index is 12.0. The molecule has 0 radical (unpaired) electrons. The lowest BCUT2D eigenvalue weighted by atomic mass is 10.1. The predicted octanol–water partition coefficient (Wildman–Crippen LogP) is 1.01. The van der Waals surface area contributed by atoms with E-state index in [1.807, 2.05) is 6.07 Å². The van der Waals surface area contributed by atoms with Gasteiger partial charge < -0.3 is 0 Å². The number of azo groups is 1. The zero-order chi connectivity index (χ0) is 11.1. The molecular formula is C11H9N3O2. The van der Waals surface area contributed by atoms with Crippen LogP contribution in [0.4, 0.5) is 5.69 Å². The first-order valence-electron chi connectivity index (χ1n) is 5.08. The van der Waals surface area contributed by atoms with Crippen molar-refractivity contribution in [3.05, 3.63) is 30.3 Å². The number of rotatable bonds is 1. The molecule has 2 aliphatic heterocycles. The van der Waals surface area contributed by atoms with Gasteiger partial charge in [-0.05, 0) is 12.1 Å². The predicted molar refractivity (Wildman–Crippen MR) is 55.9 cm³/mol. The summed E-state index contributed by atoms with van der Waals surface area (Å²) in [6.07, 6.45) is 0. The molecule has 2 atom stereocenters. The Morgan fingerprint density at radius 1 is 1.12 bits per heavy atom. The third kappa shape index (κ3) is 1.11. The molecule has 1 aromatic rings. The first-order chi connectivity index (χ1) is 7.79. The van der Waals surface area contributed by atoms with Crippen LogP contribution in [0.3, 0.4) is 0 Å². The van der Waals surface area contributed by atoms with Crippen LogP contribution < -0.4 is 4.90 Å². The van der Waals surface area contributed by atoms with Crippen LogP contribution in [0.25, 0.3) is 0 Å². The molecule has 1 saturated heterocycles. The van der Waals surface area contributed by atoms with E-state index in [4.69, 9.17) is 0 Å². The van der Waals surface area contributed by atoms with Crippen LogP contribution >= 0.6 is 0 Å². The number of hydrogen-bond acceptors (Lipinski definition) is 4. The second-order valence-electron chi connectivity index (χ2n) is 3.84. The molecule has 0 spiro atoms. The Bertz CT molecular complexity index is 483. The van der Waals surface area contributed by atoms with Crippen LogP contribution in [0.15, 0.2) is 40.6 Å². The summed E-state index contributed by atoms with van der Waals surface area (Å²) < 4.78 is 0. The van der Waals surface area contributed by atoms with Crippen molar-refractivity contribution in [2.75, 3.05) is 11.4 Å². The SMILES string of the molecule is O=C1[C@@H]2CN=N[C@H]2C(=O)N1c1ccccc1. The number of para-hydroxylation sites is 1. The molecule has 5 nitrogen and oxygen atoms in total. The Morgan fingerprint density at radius 2 is 1.88 bits per heavy atom. The first kappa shape index (κ1) is 9.21. The summed E-state index contributed by atoms with van der Waals surface area (Å²) >= 11 is 0. The molecule has 0 bridgehead atoms. The number of hydrogen-bond donors (Lipinski definition) is 0. The van der Waals surface area contributed by atoms with Crippen LogP contribution in [0.5, 0.6) is 0 Å². The molecule has 0 aromatic heterocycles. The van der Waals surface area contributed by atoms with Gasteiger partial charge in [0.2, 0.25) is 5.91 Å². The smallest absolute Gasteiger partial charge is 0.261 e. The molecule has 0 saturated carbocycles. The van der Waals surface area contributed by atoms with E-state index >= 15 is 0 Å². The minimum absolute atomic E-state index is 0.189. The van der Waals surface area contributed by atoms with Crippen LogP contribution in [0.2, 0.25) is 0 Å². The maximum Gasteiger partial charge on any atom is 0.261 e. The van der Waals surface area contributed by atoms with Gasteiger partial charge in [-0.3, -0.25) is 9.59 Å². The molecular weight excluding hydrogens is 206 g/mol. The Labute approximate surface area is 91.8 Å². The molecule has 0 aliphatic carbocycles. The summed E-state index contributed by atoms with van der Waals surface area (Å²) in [6.45, 7) is 0.332. The summed E-state index contributed by atoms with van der Waals surface area (Å²) in [4.78, 5) is 25.1. The van der Waals surface area contributed by atoms with Crippen molar-refractivity contribution >= 4 is 17.5 Å². The third-order valence-electron chi connectivity index (χ3n) is 2.89. The van der Waals surface area contributed by atoms with Crippen LogP contribution in [0.1, 0.15) is 0 Å². The average Bonchev–Trinajstić information content (AvgIpc) is 2.86. The molecule has 2 amide bonds. The van der Waals surface area contributed by atoms with E-state index < -0.39 is 6.04 Å². The zero-order valence-electron chi connectivity index (χ0n) is 8.41. The van der Waals surface area contributed by atoms with Gasteiger partial charge in [0, 0.05) is 0 Å². The lowest BCUT2D eigenvalue weighted by Gasteiger charge is -2.14. The van der Waals surface area contributed by atoms with Crippen molar-refractivity contribution in [3.8, 4) is 0 Å². The summed E-state index contributed by atoms with van der Waals surface area (Å²) in [5.41, 5.74) is 0.613. The fourth-order valence-electron chi connectivity index (χ4n) is 2.08. The minimum Gasteiger partial charge on any atom is -0.274 e. The number of nitrogens with zero attached hydrogens (tertiary/aromatic N) is 3. The molecule has 5 heteroatoms. The second kappa shape index (κ2) is 3.23. The van der Waals surface area contributed by atoms with Gasteiger partial charge in [-0.25, -0.2) is 4.90 Å². The van der Waals surface area contributed by atoms with Gasteiger partial charge in [0.25, 0.3) is 5.91 Å². The highest BCUT2D eigenvalue weighted by molar-refractivity contribution is 6.23. The third-order valence-corrected chi connectivity index (χ3v) is 2.89. The van der Waals surface area contributed by atoms with Crippen LogP contribution in [-0.4, -0.2) is 24.4 Å². The van der Waals surface area contributed by atoms with Gasteiger partial charge in [-0.1, -0.05) is 18.2 Å². The molecule has 1 fully saturated rings. The van der Waals surface area contributed by atoms with Crippen molar-refractivity contribution in [1.29, 1.82) is 0 Å². The Morgan fingerprint density at radius 3 is 2.56 bits per heavy atom. The number of imide groups is 1. The number of benzene rings is 1. The maximum atomic E-state index is 12.0. The van der Waals surface area contributed by atoms with Crippen molar-refractivity contribution in [3.63, 3.8) is 0 Å². The number of anilines is 1. The van der Waals surface area contributed by atoms with E-state index in [0.29, 0.717) is 12.2 Å². The summed E-state index contributed by atoms with van der Waals surface area (Å²) in [5.74, 6) is -0.832. The molecule has 16 heavy (non-hydrogen) atoms. The Kier molecular flexibility index (Phi) is 1.86. The van der Waals surface area contributed by atoms with Crippen molar-refractivity contribution in [2.24, 2.45) is 16.1 Å². The quantitative estimate of drug-likeness (QED) is 0.656. The fourth-order valence-corrected chi connectivity index (χ4v) is 2.08. The van der Waals surface area contributed by atoms with Gasteiger partial charge in [0.1, 0.15) is 0 Å². The number of carbonyl (C=O) groups is 2. The molecule has 2 heterocycles. The zero-order valence-corrected chi connectivity index (χ0v) is 8.41. The van der Waals surface area contributed by atoms with E-state index in [0.717, 1.165) is 0 Å². The van der Waals surface area contributed by atoms with E-state index in [-0.39, 0.29) is 17.7 Å². The van der Waals surface area contributed by atoms with Gasteiger partial charge in [-0.15, -0.1) is 0 Å². The van der Waals surface area contributed by atoms with E-state index in [2.05, 4.69) is 10.2 Å². The molecule has 3 rings (SSSR count). The number of fused-ring (bicyclic) bond motifs is 1. The summed E-state index contributed by atoms with van der Waals surface area (Å²) in [7, 11) is 0. The van der Waals surface area contributed by atoms with E-state index in [1.54, 1.807) is 24.3 Å². The van der Waals surface area contributed by atoms with Crippen molar-refractivity contribution in [2.45, 2.75) is 6.04 Å². The lowest BCUT2D eigenvalue weighted by Crippen LogP contribution is -2.31. The van der Waals surface area contributed by atoms with Crippen LogP contribution in [-0.2, 0) is 9.59 Å². The van der Waals surface area contributed by atoms with E-state index in [1.165, 1.54) is 4.90 Å². The first-order valence-corrected chi connectivity index (χ1v) is 5.08. The van der Waals surface area contributed by atoms with Crippen molar-refractivity contribution in [1.82, 2.24) is 0 Å². The summed E-state index contributed by atoms with van der Waals surface area (Å²) in [5, 5.41) is 7.57.